The van der Waals surface area contributed by atoms with Gasteiger partial charge in [0.2, 0.25) is 0 Å². The van der Waals surface area contributed by atoms with E-state index in [0.29, 0.717) is 0 Å². The second-order valence-corrected chi connectivity index (χ2v) is 6.50. The predicted octanol–water partition coefficient (Wildman–Crippen LogP) is 4.63. The van der Waals surface area contributed by atoms with Crippen LogP contribution < -0.4 is 19.5 Å². The molecule has 3 rings (SSSR count). The molecule has 0 fully saturated rings. The minimum Gasteiger partial charge on any atom is -0.497 e. The molecule has 5 nitrogen and oxygen atoms in total. The van der Waals surface area contributed by atoms with Crippen molar-refractivity contribution in [3.8, 4) is 28.5 Å². The molecule has 5 heteroatoms. The Hall–Kier alpha value is -3.05. The molecule has 0 saturated carbocycles. The van der Waals surface area contributed by atoms with Crippen molar-refractivity contribution in [1.82, 2.24) is 10.3 Å². The highest BCUT2D eigenvalue weighted by Crippen LogP contribution is 2.30. The molecule has 0 aliphatic rings. The normalized spacial score (nSPS) is 11.7. The average Bonchev–Trinajstić information content (AvgIpc) is 2.77. The number of nitrogens with one attached hydrogen (secondary N) is 1. The quantitative estimate of drug-likeness (QED) is 0.620. The van der Waals surface area contributed by atoms with Crippen molar-refractivity contribution in [2.75, 3.05) is 21.3 Å². The predicted molar refractivity (Wildman–Crippen MR) is 111 cm³/mol. The number of ether oxygens (including phenoxy) is 3. The van der Waals surface area contributed by atoms with E-state index in [9.17, 15) is 0 Å². The lowest BCUT2D eigenvalue weighted by atomic mass is 10.0. The van der Waals surface area contributed by atoms with E-state index in [1.807, 2.05) is 30.3 Å². The molecule has 0 saturated heterocycles. The first-order chi connectivity index (χ1) is 13.6. The molecular formula is C23H26N2O3. The van der Waals surface area contributed by atoms with Crippen molar-refractivity contribution in [2.24, 2.45) is 0 Å². The maximum atomic E-state index is 5.53. The van der Waals surface area contributed by atoms with E-state index in [4.69, 9.17) is 14.2 Å². The maximum absolute atomic E-state index is 5.53. The Morgan fingerprint density at radius 1 is 0.893 bits per heavy atom. The number of pyridine rings is 1. The van der Waals surface area contributed by atoms with Crippen molar-refractivity contribution < 1.29 is 14.2 Å². The molecule has 1 aromatic heterocycles. The summed E-state index contributed by atoms with van der Waals surface area (Å²) < 4.78 is 16.0. The molecule has 1 heterocycles. The molecular weight excluding hydrogens is 352 g/mol. The van der Waals surface area contributed by atoms with Crippen LogP contribution in [0, 0.1) is 0 Å². The molecule has 1 N–H and O–H groups in total. The van der Waals surface area contributed by atoms with Crippen molar-refractivity contribution in [3.63, 3.8) is 0 Å². The molecule has 0 radical (unpaired) electrons. The van der Waals surface area contributed by atoms with Crippen molar-refractivity contribution >= 4 is 0 Å². The standard InChI is InChI=1S/C23H26N2O3/c1-16(18-6-5-7-19(13-18)26-2)24-14-17-8-11-23(28-4)21(12-17)22-10-9-20(27-3)15-25-22/h5-13,15-16,24H,14H2,1-4H3. The van der Waals surface area contributed by atoms with E-state index in [0.717, 1.165) is 40.6 Å². The molecule has 28 heavy (non-hydrogen) atoms. The number of nitrogens with zero attached hydrogens (tertiary/aromatic N) is 1. The third-order valence-corrected chi connectivity index (χ3v) is 4.72. The van der Waals surface area contributed by atoms with Crippen molar-refractivity contribution in [3.05, 3.63) is 71.9 Å². The van der Waals surface area contributed by atoms with Crippen LogP contribution in [0.4, 0.5) is 0 Å². The molecule has 146 valence electrons. The zero-order chi connectivity index (χ0) is 19.9. The van der Waals surface area contributed by atoms with Gasteiger partial charge in [0.15, 0.2) is 0 Å². The fraction of sp³-hybridized carbons (Fsp3) is 0.261. The molecule has 1 atom stereocenters. The van der Waals surface area contributed by atoms with E-state index in [1.165, 1.54) is 5.56 Å². The van der Waals surface area contributed by atoms with Crippen LogP contribution in [0.1, 0.15) is 24.1 Å². The van der Waals surface area contributed by atoms with E-state index in [-0.39, 0.29) is 6.04 Å². The minimum atomic E-state index is 0.194. The monoisotopic (exact) mass is 378 g/mol. The van der Waals surface area contributed by atoms with Crippen LogP contribution in [-0.4, -0.2) is 26.3 Å². The van der Waals surface area contributed by atoms with Crippen LogP contribution in [0.5, 0.6) is 17.2 Å². The third-order valence-electron chi connectivity index (χ3n) is 4.72. The summed E-state index contributed by atoms with van der Waals surface area (Å²) in [4.78, 5) is 4.49. The van der Waals surface area contributed by atoms with Crippen LogP contribution >= 0.6 is 0 Å². The van der Waals surface area contributed by atoms with Crippen LogP contribution in [0.15, 0.2) is 60.8 Å². The number of aromatic nitrogens is 1. The molecule has 2 aromatic carbocycles. The highest BCUT2D eigenvalue weighted by atomic mass is 16.5. The van der Waals surface area contributed by atoms with E-state index in [1.54, 1.807) is 27.5 Å². The molecule has 3 aromatic rings. The summed E-state index contributed by atoms with van der Waals surface area (Å²) in [6.45, 7) is 2.87. The van der Waals surface area contributed by atoms with Gasteiger partial charge >= 0.3 is 0 Å². The number of benzene rings is 2. The lowest BCUT2D eigenvalue weighted by Gasteiger charge is -2.16. The van der Waals surface area contributed by atoms with Gasteiger partial charge in [-0.2, -0.15) is 0 Å². The Bertz CT molecular complexity index is 910. The van der Waals surface area contributed by atoms with Gasteiger partial charge in [-0.05, 0) is 54.4 Å². The summed E-state index contributed by atoms with van der Waals surface area (Å²) in [6, 6.07) is 18.3. The number of rotatable bonds is 8. The Morgan fingerprint density at radius 2 is 1.71 bits per heavy atom. The molecule has 0 spiro atoms. The highest BCUT2D eigenvalue weighted by molar-refractivity contribution is 5.68. The smallest absolute Gasteiger partial charge is 0.137 e. The molecule has 0 amide bonds. The largest absolute Gasteiger partial charge is 0.497 e. The first-order valence-corrected chi connectivity index (χ1v) is 9.19. The number of methoxy groups -OCH3 is 3. The topological polar surface area (TPSA) is 52.6 Å². The van der Waals surface area contributed by atoms with Crippen molar-refractivity contribution in [2.45, 2.75) is 19.5 Å². The Labute approximate surface area is 166 Å². The minimum absolute atomic E-state index is 0.194. The van der Waals surface area contributed by atoms with E-state index >= 15 is 0 Å². The highest BCUT2D eigenvalue weighted by Gasteiger charge is 2.11. The summed E-state index contributed by atoms with van der Waals surface area (Å²) in [7, 11) is 4.99. The third kappa shape index (κ3) is 4.61. The fourth-order valence-electron chi connectivity index (χ4n) is 3.03. The number of hydrogen-bond acceptors (Lipinski definition) is 5. The lowest BCUT2D eigenvalue weighted by molar-refractivity contribution is 0.412. The van der Waals surface area contributed by atoms with Gasteiger partial charge in [-0.1, -0.05) is 18.2 Å². The van der Waals surface area contributed by atoms with E-state index < -0.39 is 0 Å². The summed E-state index contributed by atoms with van der Waals surface area (Å²) in [6.07, 6.45) is 1.71. The van der Waals surface area contributed by atoms with Crippen LogP contribution in [0.2, 0.25) is 0 Å². The van der Waals surface area contributed by atoms with Gasteiger partial charge < -0.3 is 19.5 Å². The Balaban J connectivity index is 1.77. The molecule has 0 aliphatic heterocycles. The average molecular weight is 378 g/mol. The fourth-order valence-corrected chi connectivity index (χ4v) is 3.03. The van der Waals surface area contributed by atoms with Gasteiger partial charge in [0.05, 0.1) is 33.2 Å². The molecule has 0 aliphatic carbocycles. The summed E-state index contributed by atoms with van der Waals surface area (Å²) >= 11 is 0. The van der Waals surface area contributed by atoms with Crippen LogP contribution in [0.3, 0.4) is 0 Å². The molecule has 0 bridgehead atoms. The number of hydrogen-bond donors (Lipinski definition) is 1. The Morgan fingerprint density at radius 3 is 2.39 bits per heavy atom. The van der Waals surface area contributed by atoms with Gasteiger partial charge in [-0.3, -0.25) is 4.98 Å². The van der Waals surface area contributed by atoms with Crippen molar-refractivity contribution in [1.29, 1.82) is 0 Å². The summed E-state index contributed by atoms with van der Waals surface area (Å²) in [5, 5.41) is 3.56. The van der Waals surface area contributed by atoms with Gasteiger partial charge in [0, 0.05) is 18.2 Å². The SMILES string of the molecule is COc1ccc(-c2cc(CNC(C)c3cccc(OC)c3)ccc2OC)nc1. The van der Waals surface area contributed by atoms with Gasteiger partial charge in [0.25, 0.3) is 0 Å². The van der Waals surface area contributed by atoms with Gasteiger partial charge in [-0.25, -0.2) is 0 Å². The van der Waals surface area contributed by atoms with Crippen LogP contribution in [0.25, 0.3) is 11.3 Å². The second kappa shape index (κ2) is 9.24. The van der Waals surface area contributed by atoms with Crippen LogP contribution in [-0.2, 0) is 6.54 Å². The molecule has 1 unspecified atom stereocenters. The zero-order valence-electron chi connectivity index (χ0n) is 16.7. The maximum Gasteiger partial charge on any atom is 0.137 e. The Kier molecular flexibility index (Phi) is 6.50. The second-order valence-electron chi connectivity index (χ2n) is 6.50. The zero-order valence-corrected chi connectivity index (χ0v) is 16.7. The first-order valence-electron chi connectivity index (χ1n) is 9.19. The van der Waals surface area contributed by atoms with Gasteiger partial charge in [-0.15, -0.1) is 0 Å². The van der Waals surface area contributed by atoms with Gasteiger partial charge in [0.1, 0.15) is 17.2 Å². The lowest BCUT2D eigenvalue weighted by Crippen LogP contribution is -2.18. The van der Waals surface area contributed by atoms with E-state index in [2.05, 4.69) is 41.5 Å². The summed E-state index contributed by atoms with van der Waals surface area (Å²) in [5.41, 5.74) is 4.15. The summed E-state index contributed by atoms with van der Waals surface area (Å²) in [5.74, 6) is 2.39. The first kappa shape index (κ1) is 19.7.